The summed E-state index contributed by atoms with van der Waals surface area (Å²) in [5.41, 5.74) is 6.37. The topological polar surface area (TPSA) is 44.5 Å². The summed E-state index contributed by atoms with van der Waals surface area (Å²) in [6.45, 7) is 2.58. The lowest BCUT2D eigenvalue weighted by atomic mass is 9.86. The Kier molecular flexibility index (Phi) is 3.35. The van der Waals surface area contributed by atoms with Crippen LogP contribution < -0.4 is 10.5 Å². The van der Waals surface area contributed by atoms with Gasteiger partial charge >= 0.3 is 0 Å². The molecule has 0 radical (unpaired) electrons. The maximum Gasteiger partial charge on any atom is 0.168 e. The second-order valence-corrected chi connectivity index (χ2v) is 4.61. The quantitative estimate of drug-likeness (QED) is 0.876. The van der Waals surface area contributed by atoms with Crippen LogP contribution in [0.2, 0.25) is 0 Å². The summed E-state index contributed by atoms with van der Waals surface area (Å²) in [6, 6.07) is 5.13. The van der Waals surface area contributed by atoms with E-state index in [1.807, 2.05) is 6.92 Å². The number of ether oxygens (including phenoxy) is 2. The summed E-state index contributed by atoms with van der Waals surface area (Å²) in [5.74, 6) is -0.0587. The van der Waals surface area contributed by atoms with Gasteiger partial charge in [0.15, 0.2) is 11.6 Å². The summed E-state index contributed by atoms with van der Waals surface area (Å²) in [5, 5.41) is 0. The van der Waals surface area contributed by atoms with E-state index in [0.717, 1.165) is 6.42 Å². The van der Waals surface area contributed by atoms with E-state index in [9.17, 15) is 4.39 Å². The molecule has 4 heteroatoms. The van der Waals surface area contributed by atoms with Crippen molar-refractivity contribution in [1.82, 2.24) is 0 Å². The predicted octanol–water partition coefficient (Wildman–Crippen LogP) is 1.88. The molecule has 0 spiro atoms. The monoisotopic (exact) mass is 239 g/mol. The maximum absolute atomic E-state index is 14.0. The SMILES string of the molecule is COc1cccc(CC2(N)CCOC2C)c1F. The van der Waals surface area contributed by atoms with Gasteiger partial charge in [0.1, 0.15) is 0 Å². The highest BCUT2D eigenvalue weighted by molar-refractivity contribution is 5.32. The molecule has 2 rings (SSSR count). The predicted molar refractivity (Wildman–Crippen MR) is 63.6 cm³/mol. The van der Waals surface area contributed by atoms with Crippen molar-refractivity contribution < 1.29 is 13.9 Å². The van der Waals surface area contributed by atoms with Gasteiger partial charge < -0.3 is 15.2 Å². The molecule has 1 saturated heterocycles. The Morgan fingerprint density at radius 3 is 2.94 bits per heavy atom. The average molecular weight is 239 g/mol. The summed E-state index contributed by atoms with van der Waals surface area (Å²) < 4.78 is 24.4. The molecule has 0 aliphatic carbocycles. The molecule has 1 aliphatic heterocycles. The van der Waals surface area contributed by atoms with E-state index in [2.05, 4.69) is 0 Å². The first-order chi connectivity index (χ1) is 8.07. The molecule has 0 saturated carbocycles. The highest BCUT2D eigenvalue weighted by Gasteiger charge is 2.38. The van der Waals surface area contributed by atoms with Crippen LogP contribution in [-0.4, -0.2) is 25.4 Å². The first-order valence-corrected chi connectivity index (χ1v) is 5.79. The molecular formula is C13H18FNO2. The molecule has 17 heavy (non-hydrogen) atoms. The smallest absolute Gasteiger partial charge is 0.168 e. The lowest BCUT2D eigenvalue weighted by Crippen LogP contribution is -2.48. The van der Waals surface area contributed by atoms with Crippen LogP contribution in [0.3, 0.4) is 0 Å². The van der Waals surface area contributed by atoms with Crippen molar-refractivity contribution in [3.63, 3.8) is 0 Å². The van der Waals surface area contributed by atoms with Crippen molar-refractivity contribution in [3.05, 3.63) is 29.6 Å². The Bertz CT molecular complexity index is 410. The fourth-order valence-electron chi connectivity index (χ4n) is 2.23. The van der Waals surface area contributed by atoms with Gasteiger partial charge in [-0.2, -0.15) is 0 Å². The molecule has 0 aromatic heterocycles. The number of halogens is 1. The summed E-state index contributed by atoms with van der Waals surface area (Å²) in [4.78, 5) is 0. The van der Waals surface area contributed by atoms with Gasteiger partial charge in [0.2, 0.25) is 0 Å². The van der Waals surface area contributed by atoms with Gasteiger partial charge in [0, 0.05) is 12.1 Å². The van der Waals surface area contributed by atoms with Crippen LogP contribution in [0.5, 0.6) is 5.75 Å². The van der Waals surface area contributed by atoms with E-state index in [0.29, 0.717) is 18.6 Å². The third-order valence-electron chi connectivity index (χ3n) is 3.53. The van der Waals surface area contributed by atoms with Crippen molar-refractivity contribution in [2.24, 2.45) is 5.73 Å². The third kappa shape index (κ3) is 2.28. The van der Waals surface area contributed by atoms with Crippen LogP contribution in [-0.2, 0) is 11.2 Å². The molecule has 2 atom stereocenters. The molecule has 0 amide bonds. The second kappa shape index (κ2) is 4.63. The summed E-state index contributed by atoms with van der Waals surface area (Å²) >= 11 is 0. The minimum atomic E-state index is -0.479. The van der Waals surface area contributed by atoms with Gasteiger partial charge in [-0.1, -0.05) is 12.1 Å². The molecule has 94 valence electrons. The maximum atomic E-state index is 14.0. The van der Waals surface area contributed by atoms with Crippen LogP contribution in [0.4, 0.5) is 4.39 Å². The van der Waals surface area contributed by atoms with Crippen LogP contribution >= 0.6 is 0 Å². The number of benzene rings is 1. The average Bonchev–Trinajstić information content (AvgIpc) is 2.62. The van der Waals surface area contributed by atoms with Gasteiger partial charge in [0.25, 0.3) is 0 Å². The van der Waals surface area contributed by atoms with E-state index in [4.69, 9.17) is 15.2 Å². The number of hydrogen-bond donors (Lipinski definition) is 1. The van der Waals surface area contributed by atoms with E-state index in [1.54, 1.807) is 18.2 Å². The standard InChI is InChI=1S/C13H18FNO2/c1-9-13(15,6-7-17-9)8-10-4-3-5-11(16-2)12(10)14/h3-5,9H,6-8,15H2,1-2H3. The van der Waals surface area contributed by atoms with Gasteiger partial charge in [0.05, 0.1) is 13.2 Å². The van der Waals surface area contributed by atoms with Crippen molar-refractivity contribution >= 4 is 0 Å². The first-order valence-electron chi connectivity index (χ1n) is 5.79. The molecular weight excluding hydrogens is 221 g/mol. The summed E-state index contributed by atoms with van der Waals surface area (Å²) in [6.07, 6.45) is 1.18. The zero-order valence-electron chi connectivity index (χ0n) is 10.2. The number of methoxy groups -OCH3 is 1. The zero-order chi connectivity index (χ0) is 12.5. The van der Waals surface area contributed by atoms with Crippen molar-refractivity contribution in [2.75, 3.05) is 13.7 Å². The molecule has 1 aromatic carbocycles. The van der Waals surface area contributed by atoms with Crippen LogP contribution in [0.25, 0.3) is 0 Å². The number of rotatable bonds is 3. The molecule has 1 heterocycles. The van der Waals surface area contributed by atoms with Crippen molar-refractivity contribution in [1.29, 1.82) is 0 Å². The molecule has 2 unspecified atom stereocenters. The number of hydrogen-bond acceptors (Lipinski definition) is 3. The minimum absolute atomic E-state index is 0.0481. The Labute approximate surface area is 101 Å². The second-order valence-electron chi connectivity index (χ2n) is 4.61. The van der Waals surface area contributed by atoms with E-state index in [-0.39, 0.29) is 17.7 Å². The van der Waals surface area contributed by atoms with Crippen LogP contribution in [0, 0.1) is 5.82 Å². The Hall–Kier alpha value is -1.13. The van der Waals surface area contributed by atoms with E-state index in [1.165, 1.54) is 7.11 Å². The molecule has 2 N–H and O–H groups in total. The molecule has 0 bridgehead atoms. The van der Waals surface area contributed by atoms with Gasteiger partial charge in [-0.25, -0.2) is 4.39 Å². The highest BCUT2D eigenvalue weighted by atomic mass is 19.1. The van der Waals surface area contributed by atoms with Crippen molar-refractivity contribution in [2.45, 2.75) is 31.4 Å². The van der Waals surface area contributed by atoms with Crippen LogP contribution in [0.1, 0.15) is 18.9 Å². The van der Waals surface area contributed by atoms with Gasteiger partial charge in [-0.05, 0) is 31.4 Å². The van der Waals surface area contributed by atoms with Crippen LogP contribution in [0.15, 0.2) is 18.2 Å². The number of nitrogens with two attached hydrogens (primary N) is 1. The molecule has 1 fully saturated rings. The molecule has 1 aliphatic rings. The minimum Gasteiger partial charge on any atom is -0.494 e. The van der Waals surface area contributed by atoms with Crippen molar-refractivity contribution in [3.8, 4) is 5.75 Å². The Morgan fingerprint density at radius 2 is 2.35 bits per heavy atom. The first kappa shape index (κ1) is 12.3. The zero-order valence-corrected chi connectivity index (χ0v) is 10.2. The third-order valence-corrected chi connectivity index (χ3v) is 3.53. The lowest BCUT2D eigenvalue weighted by molar-refractivity contribution is 0.0952. The van der Waals surface area contributed by atoms with E-state index >= 15 is 0 Å². The van der Waals surface area contributed by atoms with Gasteiger partial charge in [-0.15, -0.1) is 0 Å². The Balaban J connectivity index is 2.24. The highest BCUT2D eigenvalue weighted by Crippen LogP contribution is 2.30. The molecule has 3 nitrogen and oxygen atoms in total. The van der Waals surface area contributed by atoms with Gasteiger partial charge in [-0.3, -0.25) is 0 Å². The fourth-order valence-corrected chi connectivity index (χ4v) is 2.23. The van der Waals surface area contributed by atoms with E-state index < -0.39 is 5.54 Å². The summed E-state index contributed by atoms with van der Waals surface area (Å²) in [7, 11) is 1.46. The lowest BCUT2D eigenvalue weighted by Gasteiger charge is -2.27. The Morgan fingerprint density at radius 1 is 1.59 bits per heavy atom. The fraction of sp³-hybridized carbons (Fsp3) is 0.538. The normalized spacial score (nSPS) is 28.4. The molecule has 1 aromatic rings. The largest absolute Gasteiger partial charge is 0.494 e.